The second kappa shape index (κ2) is 6.30. The van der Waals surface area contributed by atoms with E-state index in [2.05, 4.69) is 16.2 Å². The summed E-state index contributed by atoms with van der Waals surface area (Å²) in [6, 6.07) is 17.1. The molecule has 6 heteroatoms. The van der Waals surface area contributed by atoms with Gasteiger partial charge in [-0.1, -0.05) is 36.4 Å². The highest BCUT2D eigenvalue weighted by molar-refractivity contribution is 6.11. The molecule has 3 N–H and O–H groups in total. The van der Waals surface area contributed by atoms with Crippen LogP contribution in [-0.2, 0) is 9.59 Å². The SMILES string of the molecule is N#CC(C(=O)Nc1ccccc1)C(=O)C1NNc2ccccc21. The average molecular weight is 306 g/mol. The summed E-state index contributed by atoms with van der Waals surface area (Å²) in [4.78, 5) is 24.8. The second-order valence-corrected chi connectivity index (χ2v) is 5.11. The van der Waals surface area contributed by atoms with Gasteiger partial charge in [0.15, 0.2) is 11.7 Å². The van der Waals surface area contributed by atoms with Crippen molar-refractivity contribution in [1.29, 1.82) is 5.26 Å². The van der Waals surface area contributed by atoms with Gasteiger partial charge in [0.2, 0.25) is 5.91 Å². The maximum atomic E-state index is 12.6. The first kappa shape index (κ1) is 14.8. The Kier molecular flexibility index (Phi) is 4.04. The molecule has 23 heavy (non-hydrogen) atoms. The van der Waals surface area contributed by atoms with Gasteiger partial charge in [0.1, 0.15) is 6.04 Å². The zero-order chi connectivity index (χ0) is 16.2. The molecule has 0 fully saturated rings. The van der Waals surface area contributed by atoms with E-state index in [1.807, 2.05) is 18.2 Å². The highest BCUT2D eigenvalue weighted by Gasteiger charge is 2.36. The molecule has 1 aliphatic heterocycles. The summed E-state index contributed by atoms with van der Waals surface area (Å²) in [6.07, 6.45) is 0. The fourth-order valence-electron chi connectivity index (χ4n) is 2.47. The van der Waals surface area contributed by atoms with Crippen molar-refractivity contribution < 1.29 is 9.59 Å². The van der Waals surface area contributed by atoms with Crippen LogP contribution in [0.3, 0.4) is 0 Å². The smallest absolute Gasteiger partial charge is 0.249 e. The summed E-state index contributed by atoms with van der Waals surface area (Å²) in [5, 5.41) is 11.9. The van der Waals surface area contributed by atoms with Crippen LogP contribution in [0.4, 0.5) is 11.4 Å². The van der Waals surface area contributed by atoms with E-state index in [9.17, 15) is 14.9 Å². The lowest BCUT2D eigenvalue weighted by Crippen LogP contribution is -2.36. The van der Waals surface area contributed by atoms with Crippen molar-refractivity contribution in [3.05, 3.63) is 60.2 Å². The van der Waals surface area contributed by atoms with E-state index in [0.717, 1.165) is 11.3 Å². The normalized spacial score (nSPS) is 16.6. The molecule has 0 spiro atoms. The van der Waals surface area contributed by atoms with Gasteiger partial charge in [-0.15, -0.1) is 0 Å². The Morgan fingerprint density at radius 3 is 2.52 bits per heavy atom. The van der Waals surface area contributed by atoms with Crippen LogP contribution in [0.25, 0.3) is 0 Å². The summed E-state index contributed by atoms with van der Waals surface area (Å²) in [7, 11) is 0. The number of amides is 1. The van der Waals surface area contributed by atoms with Gasteiger partial charge in [0, 0.05) is 11.3 Å². The van der Waals surface area contributed by atoms with Gasteiger partial charge in [-0.25, -0.2) is 5.43 Å². The van der Waals surface area contributed by atoms with E-state index in [1.54, 1.807) is 42.5 Å². The molecule has 2 aromatic rings. The molecule has 3 rings (SSSR count). The topological polar surface area (TPSA) is 94.0 Å². The fraction of sp³-hybridized carbons (Fsp3) is 0.118. The molecule has 1 heterocycles. The molecule has 1 amide bonds. The standard InChI is InChI=1S/C17H14N4O2/c18-10-13(17(23)19-11-6-2-1-3-7-11)16(22)15-12-8-4-5-9-14(12)20-21-15/h1-9,13,15,20-21H,(H,19,23). The number of fused-ring (bicyclic) bond motifs is 1. The summed E-state index contributed by atoms with van der Waals surface area (Å²) >= 11 is 0. The van der Waals surface area contributed by atoms with Crippen LogP contribution in [0.15, 0.2) is 54.6 Å². The van der Waals surface area contributed by atoms with Crippen LogP contribution in [0.5, 0.6) is 0 Å². The lowest BCUT2D eigenvalue weighted by atomic mass is 9.94. The van der Waals surface area contributed by atoms with E-state index < -0.39 is 23.7 Å². The first-order valence-corrected chi connectivity index (χ1v) is 7.10. The number of nitriles is 1. The minimum atomic E-state index is -1.39. The Morgan fingerprint density at radius 2 is 1.78 bits per heavy atom. The van der Waals surface area contributed by atoms with Crippen LogP contribution in [0, 0.1) is 17.2 Å². The van der Waals surface area contributed by atoms with Gasteiger partial charge in [-0.3, -0.25) is 9.59 Å². The van der Waals surface area contributed by atoms with Crippen LogP contribution < -0.4 is 16.2 Å². The number of benzene rings is 2. The zero-order valence-corrected chi connectivity index (χ0v) is 12.1. The van der Waals surface area contributed by atoms with Gasteiger partial charge >= 0.3 is 0 Å². The van der Waals surface area contributed by atoms with E-state index in [4.69, 9.17) is 0 Å². The van der Waals surface area contributed by atoms with Crippen LogP contribution in [0.1, 0.15) is 11.6 Å². The summed E-state index contributed by atoms with van der Waals surface area (Å²) in [5.74, 6) is -2.51. The molecule has 0 saturated carbocycles. The van der Waals surface area contributed by atoms with Crippen molar-refractivity contribution in [2.24, 2.45) is 5.92 Å². The van der Waals surface area contributed by atoms with Crippen molar-refractivity contribution in [3.8, 4) is 6.07 Å². The highest BCUT2D eigenvalue weighted by Crippen LogP contribution is 2.30. The Morgan fingerprint density at radius 1 is 1.09 bits per heavy atom. The number of nitrogens with one attached hydrogen (secondary N) is 3. The lowest BCUT2D eigenvalue weighted by Gasteiger charge is -2.14. The number of Topliss-reactive ketones (excluding diaryl/α,β-unsaturated/α-hetero) is 1. The van der Waals surface area contributed by atoms with Crippen molar-refractivity contribution >= 4 is 23.1 Å². The molecule has 0 aromatic heterocycles. The fourth-order valence-corrected chi connectivity index (χ4v) is 2.47. The van der Waals surface area contributed by atoms with Gasteiger partial charge in [-0.2, -0.15) is 5.26 Å². The van der Waals surface area contributed by atoms with Gasteiger partial charge in [-0.05, 0) is 18.2 Å². The number of nitrogens with zero attached hydrogens (tertiary/aromatic N) is 1. The number of rotatable bonds is 4. The minimum absolute atomic E-state index is 0.488. The predicted octanol–water partition coefficient (Wildman–Crippen LogP) is 2.01. The quantitative estimate of drug-likeness (QED) is 0.751. The third kappa shape index (κ3) is 2.91. The summed E-state index contributed by atoms with van der Waals surface area (Å²) in [5.41, 5.74) is 7.75. The molecule has 0 aliphatic carbocycles. The van der Waals surface area contributed by atoms with Crippen molar-refractivity contribution in [3.63, 3.8) is 0 Å². The van der Waals surface area contributed by atoms with Crippen molar-refractivity contribution in [2.45, 2.75) is 6.04 Å². The Balaban J connectivity index is 1.78. The molecule has 6 nitrogen and oxygen atoms in total. The summed E-state index contributed by atoms with van der Waals surface area (Å²) < 4.78 is 0. The maximum absolute atomic E-state index is 12.6. The third-order valence-electron chi connectivity index (χ3n) is 3.62. The third-order valence-corrected chi connectivity index (χ3v) is 3.62. The molecule has 0 radical (unpaired) electrons. The van der Waals surface area contributed by atoms with Gasteiger partial charge in [0.05, 0.1) is 11.8 Å². The highest BCUT2D eigenvalue weighted by atomic mass is 16.2. The molecular formula is C17H14N4O2. The minimum Gasteiger partial charge on any atom is -0.325 e. The molecule has 114 valence electrons. The summed E-state index contributed by atoms with van der Waals surface area (Å²) in [6.45, 7) is 0. The predicted molar refractivity (Wildman–Crippen MR) is 85.1 cm³/mol. The average Bonchev–Trinajstić information content (AvgIpc) is 3.00. The Labute approximate surface area is 133 Å². The number of carbonyl (C=O) groups is 2. The largest absolute Gasteiger partial charge is 0.325 e. The number of anilines is 2. The Bertz CT molecular complexity index is 783. The number of hydrogen-bond acceptors (Lipinski definition) is 5. The molecule has 2 atom stereocenters. The molecule has 2 unspecified atom stereocenters. The van der Waals surface area contributed by atoms with Crippen LogP contribution in [0.2, 0.25) is 0 Å². The first-order valence-electron chi connectivity index (χ1n) is 7.10. The van der Waals surface area contributed by atoms with Gasteiger partial charge < -0.3 is 10.7 Å². The number of hydrogen-bond donors (Lipinski definition) is 3. The first-order chi connectivity index (χ1) is 11.2. The van der Waals surface area contributed by atoms with Gasteiger partial charge in [0.25, 0.3) is 0 Å². The molecule has 2 aromatic carbocycles. The van der Waals surface area contributed by atoms with E-state index in [-0.39, 0.29) is 0 Å². The number of hydrazine groups is 1. The van der Waals surface area contributed by atoms with E-state index in [1.165, 1.54) is 0 Å². The number of carbonyl (C=O) groups excluding carboxylic acids is 2. The van der Waals surface area contributed by atoms with Crippen LogP contribution >= 0.6 is 0 Å². The molecular weight excluding hydrogens is 292 g/mol. The monoisotopic (exact) mass is 306 g/mol. The molecule has 1 aliphatic rings. The lowest BCUT2D eigenvalue weighted by molar-refractivity contribution is -0.130. The van der Waals surface area contributed by atoms with E-state index >= 15 is 0 Å². The molecule has 0 bridgehead atoms. The zero-order valence-electron chi connectivity index (χ0n) is 12.1. The number of para-hydroxylation sites is 2. The van der Waals surface area contributed by atoms with E-state index in [0.29, 0.717) is 5.69 Å². The Hall–Kier alpha value is -3.17. The van der Waals surface area contributed by atoms with Crippen LogP contribution in [-0.4, -0.2) is 11.7 Å². The number of ketones is 1. The van der Waals surface area contributed by atoms with Crippen molar-refractivity contribution in [2.75, 3.05) is 10.7 Å². The maximum Gasteiger partial charge on any atom is 0.249 e. The van der Waals surface area contributed by atoms with Crippen molar-refractivity contribution in [1.82, 2.24) is 5.43 Å². The molecule has 0 saturated heterocycles. The second-order valence-electron chi connectivity index (χ2n) is 5.11.